The lowest BCUT2D eigenvalue weighted by Gasteiger charge is -2.21. The Kier molecular flexibility index (Phi) is 4.12. The minimum Gasteiger partial charge on any atom is -0.392 e. The fourth-order valence-corrected chi connectivity index (χ4v) is 4.17. The summed E-state index contributed by atoms with van der Waals surface area (Å²) in [5.74, 6) is 0.125. The Morgan fingerprint density at radius 2 is 2.29 bits per heavy atom. The van der Waals surface area contributed by atoms with E-state index in [-0.39, 0.29) is 12.0 Å². The molecule has 1 amide bonds. The van der Waals surface area contributed by atoms with Gasteiger partial charge in [0.15, 0.2) is 0 Å². The van der Waals surface area contributed by atoms with Crippen molar-refractivity contribution in [2.24, 2.45) is 0 Å². The molecule has 4 rings (SSSR count). The maximum Gasteiger partial charge on any atom is 0.241 e. The molecular weight excluding hydrogens is 322 g/mol. The fraction of sp³-hybridized carbons (Fsp3) is 0.444. The van der Waals surface area contributed by atoms with Gasteiger partial charge >= 0.3 is 0 Å². The standard InChI is InChI=1S/C18H21N3O2S/c1-12-19-16(11-24-12)13-2-3-17-14(8-13)4-7-21(17)18(23)10-20-6-5-15(22)9-20/h2-3,8,11,15,22H,4-7,9-10H2,1H3/t15-/m1/s1. The van der Waals surface area contributed by atoms with E-state index < -0.39 is 0 Å². The molecule has 0 bridgehead atoms. The molecule has 1 fully saturated rings. The summed E-state index contributed by atoms with van der Waals surface area (Å²) in [7, 11) is 0. The van der Waals surface area contributed by atoms with E-state index in [0.717, 1.165) is 47.9 Å². The third-order valence-corrected chi connectivity index (χ3v) is 5.57. The zero-order valence-corrected chi connectivity index (χ0v) is 14.6. The number of anilines is 1. The molecule has 2 aliphatic rings. The van der Waals surface area contributed by atoms with Crippen molar-refractivity contribution in [2.75, 3.05) is 31.1 Å². The van der Waals surface area contributed by atoms with Crippen LogP contribution in [-0.2, 0) is 11.2 Å². The summed E-state index contributed by atoms with van der Waals surface area (Å²) in [6.07, 6.45) is 1.37. The molecule has 2 aromatic rings. The predicted molar refractivity (Wildman–Crippen MR) is 95.4 cm³/mol. The van der Waals surface area contributed by atoms with Crippen LogP contribution in [0.4, 0.5) is 5.69 Å². The van der Waals surface area contributed by atoms with Crippen molar-refractivity contribution in [1.29, 1.82) is 0 Å². The van der Waals surface area contributed by atoms with E-state index in [9.17, 15) is 9.90 Å². The molecule has 0 radical (unpaired) electrons. The van der Waals surface area contributed by atoms with Crippen molar-refractivity contribution in [3.05, 3.63) is 34.2 Å². The first-order valence-corrected chi connectivity index (χ1v) is 9.24. The number of aryl methyl sites for hydroxylation is 1. The number of benzene rings is 1. The summed E-state index contributed by atoms with van der Waals surface area (Å²) >= 11 is 1.65. The number of aliphatic hydroxyl groups is 1. The van der Waals surface area contributed by atoms with E-state index in [1.165, 1.54) is 5.56 Å². The predicted octanol–water partition coefficient (Wildman–Crippen LogP) is 2.07. The number of β-amino-alcohol motifs (C(OH)–C–C–N with tert-alkyl or cyclic N) is 1. The highest BCUT2D eigenvalue weighted by Gasteiger charge is 2.28. The smallest absolute Gasteiger partial charge is 0.241 e. The van der Waals surface area contributed by atoms with Crippen molar-refractivity contribution < 1.29 is 9.90 Å². The lowest BCUT2D eigenvalue weighted by Crippen LogP contribution is -2.39. The molecular formula is C18H21N3O2S. The molecule has 1 aromatic heterocycles. The number of rotatable bonds is 3. The monoisotopic (exact) mass is 343 g/mol. The second kappa shape index (κ2) is 6.27. The van der Waals surface area contributed by atoms with Gasteiger partial charge in [-0.1, -0.05) is 6.07 Å². The summed E-state index contributed by atoms with van der Waals surface area (Å²) in [6.45, 7) is 4.55. The Hall–Kier alpha value is -1.76. The summed E-state index contributed by atoms with van der Waals surface area (Å²) in [5, 5.41) is 12.7. The van der Waals surface area contributed by atoms with E-state index >= 15 is 0 Å². The number of aromatic nitrogens is 1. The van der Waals surface area contributed by atoms with Gasteiger partial charge in [-0.15, -0.1) is 11.3 Å². The second-order valence-electron chi connectivity index (χ2n) is 6.57. The highest BCUT2D eigenvalue weighted by Crippen LogP contribution is 2.33. The number of hydrogen-bond acceptors (Lipinski definition) is 5. The Bertz CT molecular complexity index is 773. The molecule has 0 spiro atoms. The van der Waals surface area contributed by atoms with E-state index in [1.54, 1.807) is 11.3 Å². The van der Waals surface area contributed by atoms with Crippen molar-refractivity contribution in [3.8, 4) is 11.3 Å². The molecule has 126 valence electrons. The van der Waals surface area contributed by atoms with Crippen LogP contribution in [0.25, 0.3) is 11.3 Å². The van der Waals surface area contributed by atoms with Crippen molar-refractivity contribution >= 4 is 22.9 Å². The summed E-state index contributed by atoms with van der Waals surface area (Å²) in [4.78, 5) is 21.1. The first-order chi connectivity index (χ1) is 11.6. The van der Waals surface area contributed by atoms with Crippen LogP contribution in [0.1, 0.15) is 17.0 Å². The number of amides is 1. The normalized spacial score (nSPS) is 20.6. The molecule has 1 N–H and O–H groups in total. The zero-order valence-electron chi connectivity index (χ0n) is 13.7. The molecule has 2 aliphatic heterocycles. The number of carbonyl (C=O) groups is 1. The van der Waals surface area contributed by atoms with Gasteiger partial charge in [-0.2, -0.15) is 0 Å². The van der Waals surface area contributed by atoms with Gasteiger partial charge in [0.1, 0.15) is 0 Å². The van der Waals surface area contributed by atoms with E-state index in [4.69, 9.17) is 0 Å². The molecule has 1 aromatic carbocycles. The third kappa shape index (κ3) is 2.97. The third-order valence-electron chi connectivity index (χ3n) is 4.80. The van der Waals surface area contributed by atoms with Crippen molar-refractivity contribution in [3.63, 3.8) is 0 Å². The van der Waals surface area contributed by atoms with Gasteiger partial charge in [-0.05, 0) is 37.5 Å². The van der Waals surface area contributed by atoms with Gasteiger partial charge in [-0.25, -0.2) is 4.98 Å². The average molecular weight is 343 g/mol. The van der Waals surface area contributed by atoms with Gasteiger partial charge in [0.2, 0.25) is 5.91 Å². The highest BCUT2D eigenvalue weighted by molar-refractivity contribution is 7.09. The largest absolute Gasteiger partial charge is 0.392 e. The van der Waals surface area contributed by atoms with E-state index in [1.807, 2.05) is 22.8 Å². The van der Waals surface area contributed by atoms with Gasteiger partial charge in [0.25, 0.3) is 0 Å². The van der Waals surface area contributed by atoms with Crippen LogP contribution in [0, 0.1) is 6.92 Å². The number of fused-ring (bicyclic) bond motifs is 1. The van der Waals surface area contributed by atoms with E-state index in [2.05, 4.69) is 22.5 Å². The van der Waals surface area contributed by atoms with Gasteiger partial charge < -0.3 is 10.0 Å². The van der Waals surface area contributed by atoms with Gasteiger partial charge in [0, 0.05) is 36.3 Å². The van der Waals surface area contributed by atoms with Crippen LogP contribution in [-0.4, -0.2) is 53.2 Å². The molecule has 3 heterocycles. The first kappa shape index (κ1) is 15.7. The van der Waals surface area contributed by atoms with Crippen LogP contribution < -0.4 is 4.90 Å². The molecule has 0 aliphatic carbocycles. The molecule has 0 saturated carbocycles. The Morgan fingerprint density at radius 1 is 1.42 bits per heavy atom. The first-order valence-electron chi connectivity index (χ1n) is 8.36. The van der Waals surface area contributed by atoms with Gasteiger partial charge in [0.05, 0.1) is 23.4 Å². The van der Waals surface area contributed by atoms with Gasteiger partial charge in [-0.3, -0.25) is 9.69 Å². The van der Waals surface area contributed by atoms with Crippen molar-refractivity contribution in [1.82, 2.24) is 9.88 Å². The quantitative estimate of drug-likeness (QED) is 0.927. The van der Waals surface area contributed by atoms with Crippen LogP contribution in [0.2, 0.25) is 0 Å². The maximum absolute atomic E-state index is 12.6. The van der Waals surface area contributed by atoms with Crippen LogP contribution in [0.5, 0.6) is 0 Å². The maximum atomic E-state index is 12.6. The van der Waals surface area contributed by atoms with Crippen LogP contribution in [0.3, 0.4) is 0 Å². The summed E-state index contributed by atoms with van der Waals surface area (Å²) in [6, 6.07) is 6.26. The number of aliphatic hydroxyl groups excluding tert-OH is 1. The average Bonchev–Trinajstić information content (AvgIpc) is 3.26. The zero-order chi connectivity index (χ0) is 16.7. The molecule has 1 atom stereocenters. The van der Waals surface area contributed by atoms with Crippen molar-refractivity contribution in [2.45, 2.75) is 25.9 Å². The molecule has 6 heteroatoms. The highest BCUT2D eigenvalue weighted by atomic mass is 32.1. The summed E-state index contributed by atoms with van der Waals surface area (Å²) in [5.41, 5.74) is 4.37. The molecule has 5 nitrogen and oxygen atoms in total. The molecule has 24 heavy (non-hydrogen) atoms. The number of nitrogens with zero attached hydrogens (tertiary/aromatic N) is 3. The lowest BCUT2D eigenvalue weighted by atomic mass is 10.1. The summed E-state index contributed by atoms with van der Waals surface area (Å²) < 4.78 is 0. The molecule has 0 unspecified atom stereocenters. The topological polar surface area (TPSA) is 56.7 Å². The van der Waals surface area contributed by atoms with Crippen LogP contribution >= 0.6 is 11.3 Å². The SMILES string of the molecule is Cc1nc(-c2ccc3c(c2)CCN3C(=O)CN2CC[C@@H](O)C2)cs1. The number of hydrogen-bond donors (Lipinski definition) is 1. The number of likely N-dealkylation sites (tertiary alicyclic amines) is 1. The Morgan fingerprint density at radius 3 is 3.00 bits per heavy atom. The number of carbonyl (C=O) groups excluding carboxylic acids is 1. The lowest BCUT2D eigenvalue weighted by molar-refractivity contribution is -0.119. The Balaban J connectivity index is 1.50. The second-order valence-corrected chi connectivity index (χ2v) is 7.63. The minimum absolute atomic E-state index is 0.125. The fourth-order valence-electron chi connectivity index (χ4n) is 3.55. The van der Waals surface area contributed by atoms with Crippen LogP contribution in [0.15, 0.2) is 23.6 Å². The molecule has 1 saturated heterocycles. The Labute approximate surface area is 145 Å². The number of thiazole rings is 1. The van der Waals surface area contributed by atoms with E-state index in [0.29, 0.717) is 13.1 Å². The minimum atomic E-state index is -0.284.